The SMILES string of the molecule is COCC1=C(C(=O)OC)C(c2ccc(Cl)cc2C)C(C#N)=C(C)N1. The summed E-state index contributed by atoms with van der Waals surface area (Å²) in [7, 11) is 2.87. The van der Waals surface area contributed by atoms with Crippen LogP contribution in [0.5, 0.6) is 0 Å². The lowest BCUT2D eigenvalue weighted by Crippen LogP contribution is -2.31. The molecule has 0 spiro atoms. The van der Waals surface area contributed by atoms with Crippen LogP contribution in [0.2, 0.25) is 5.02 Å². The number of methoxy groups -OCH3 is 2. The maximum atomic E-state index is 12.4. The van der Waals surface area contributed by atoms with Crippen molar-refractivity contribution in [3.63, 3.8) is 0 Å². The fourth-order valence-electron chi connectivity index (χ4n) is 2.93. The van der Waals surface area contributed by atoms with Gasteiger partial charge in [-0.05, 0) is 37.1 Å². The number of aryl methyl sites for hydroxylation is 1. The summed E-state index contributed by atoms with van der Waals surface area (Å²) in [6, 6.07) is 7.62. The molecule has 0 amide bonds. The summed E-state index contributed by atoms with van der Waals surface area (Å²) in [5, 5.41) is 13.3. The lowest BCUT2D eigenvalue weighted by Gasteiger charge is -2.30. The molecule has 1 unspecified atom stereocenters. The minimum absolute atomic E-state index is 0.212. The number of dihydropyridines is 1. The maximum absolute atomic E-state index is 12.4. The number of ether oxygens (including phenoxy) is 2. The van der Waals surface area contributed by atoms with Gasteiger partial charge in [-0.25, -0.2) is 4.79 Å². The lowest BCUT2D eigenvalue weighted by molar-refractivity contribution is -0.136. The highest BCUT2D eigenvalue weighted by Crippen LogP contribution is 2.40. The minimum atomic E-state index is -0.522. The molecule has 1 aliphatic heterocycles. The van der Waals surface area contributed by atoms with E-state index >= 15 is 0 Å². The van der Waals surface area contributed by atoms with Crippen molar-refractivity contribution in [1.82, 2.24) is 5.32 Å². The number of nitrogens with zero attached hydrogens (tertiary/aromatic N) is 1. The first-order valence-electron chi connectivity index (χ1n) is 7.38. The summed E-state index contributed by atoms with van der Waals surface area (Å²) in [6.07, 6.45) is 0. The van der Waals surface area contributed by atoms with Crippen LogP contribution in [0.4, 0.5) is 0 Å². The average Bonchev–Trinajstić information content (AvgIpc) is 2.54. The van der Waals surface area contributed by atoms with Gasteiger partial charge in [-0.15, -0.1) is 0 Å². The van der Waals surface area contributed by atoms with Crippen LogP contribution in [-0.4, -0.2) is 26.8 Å². The third-order valence-electron chi connectivity index (χ3n) is 4.00. The molecule has 1 aromatic carbocycles. The zero-order valence-corrected chi connectivity index (χ0v) is 14.8. The standard InChI is InChI=1S/C18H19ClN2O3/c1-10-7-12(19)5-6-13(10)16-14(8-20)11(2)21-15(9-23-3)17(16)18(22)24-4/h5-7,16,21H,9H2,1-4H3. The summed E-state index contributed by atoms with van der Waals surface area (Å²) in [4.78, 5) is 12.4. The van der Waals surface area contributed by atoms with Gasteiger partial charge in [0.2, 0.25) is 0 Å². The number of allylic oxidation sites excluding steroid dienone is 2. The molecule has 1 aliphatic rings. The van der Waals surface area contributed by atoms with E-state index in [4.69, 9.17) is 21.1 Å². The molecule has 0 saturated heterocycles. The first kappa shape index (κ1) is 18.1. The van der Waals surface area contributed by atoms with Crippen LogP contribution >= 0.6 is 11.6 Å². The second-order valence-corrected chi connectivity index (χ2v) is 5.96. The zero-order valence-electron chi connectivity index (χ0n) is 14.1. The largest absolute Gasteiger partial charge is 0.466 e. The van der Waals surface area contributed by atoms with E-state index in [1.54, 1.807) is 20.1 Å². The fourth-order valence-corrected chi connectivity index (χ4v) is 3.15. The van der Waals surface area contributed by atoms with E-state index in [2.05, 4.69) is 11.4 Å². The van der Waals surface area contributed by atoms with Crippen LogP contribution in [0.3, 0.4) is 0 Å². The Bertz CT molecular complexity index is 775. The van der Waals surface area contributed by atoms with Crippen LogP contribution in [0, 0.1) is 18.3 Å². The van der Waals surface area contributed by atoms with E-state index in [0.717, 1.165) is 11.1 Å². The molecule has 6 heteroatoms. The molecule has 1 heterocycles. The predicted octanol–water partition coefficient (Wildman–Crippen LogP) is 3.21. The molecule has 1 aromatic rings. The van der Waals surface area contributed by atoms with Crippen LogP contribution in [0.1, 0.15) is 24.0 Å². The Morgan fingerprint density at radius 1 is 1.38 bits per heavy atom. The van der Waals surface area contributed by atoms with Gasteiger partial charge in [0.05, 0.1) is 42.5 Å². The zero-order chi connectivity index (χ0) is 17.9. The quantitative estimate of drug-likeness (QED) is 0.848. The Labute approximate surface area is 146 Å². The Kier molecular flexibility index (Phi) is 5.66. The molecule has 1 atom stereocenters. The van der Waals surface area contributed by atoms with Gasteiger partial charge >= 0.3 is 5.97 Å². The summed E-state index contributed by atoms with van der Waals surface area (Å²) in [6.45, 7) is 3.92. The van der Waals surface area contributed by atoms with E-state index in [1.807, 2.05) is 19.1 Å². The highest BCUT2D eigenvalue weighted by atomic mass is 35.5. The number of esters is 1. The number of carbonyl (C=O) groups excluding carboxylic acids is 1. The lowest BCUT2D eigenvalue weighted by atomic mass is 9.79. The Morgan fingerprint density at radius 2 is 2.08 bits per heavy atom. The summed E-state index contributed by atoms with van der Waals surface area (Å²) < 4.78 is 10.2. The third-order valence-corrected chi connectivity index (χ3v) is 4.24. The summed E-state index contributed by atoms with van der Waals surface area (Å²) in [5.74, 6) is -1.01. The topological polar surface area (TPSA) is 71.3 Å². The van der Waals surface area contributed by atoms with E-state index in [0.29, 0.717) is 27.6 Å². The average molecular weight is 347 g/mol. The van der Waals surface area contributed by atoms with Crippen molar-refractivity contribution in [2.75, 3.05) is 20.8 Å². The van der Waals surface area contributed by atoms with E-state index in [1.165, 1.54) is 7.11 Å². The number of carbonyl (C=O) groups is 1. The van der Waals surface area contributed by atoms with Gasteiger partial charge < -0.3 is 14.8 Å². The summed E-state index contributed by atoms with van der Waals surface area (Å²) in [5.41, 5.74) is 3.88. The molecule has 126 valence electrons. The van der Waals surface area contributed by atoms with Crippen LogP contribution in [0.15, 0.2) is 40.7 Å². The molecule has 0 radical (unpaired) electrons. The smallest absolute Gasteiger partial charge is 0.336 e. The molecular weight excluding hydrogens is 328 g/mol. The monoisotopic (exact) mass is 346 g/mol. The van der Waals surface area contributed by atoms with Crippen molar-refractivity contribution >= 4 is 17.6 Å². The molecule has 0 aromatic heterocycles. The van der Waals surface area contributed by atoms with Crippen molar-refractivity contribution in [3.05, 3.63) is 56.9 Å². The van der Waals surface area contributed by atoms with Gasteiger partial charge in [-0.1, -0.05) is 17.7 Å². The number of nitrogens with one attached hydrogen (secondary N) is 1. The van der Waals surface area contributed by atoms with Crippen molar-refractivity contribution in [2.24, 2.45) is 0 Å². The second kappa shape index (κ2) is 7.52. The van der Waals surface area contributed by atoms with Crippen molar-refractivity contribution < 1.29 is 14.3 Å². The molecule has 0 bridgehead atoms. The van der Waals surface area contributed by atoms with E-state index < -0.39 is 11.9 Å². The van der Waals surface area contributed by atoms with Crippen LogP contribution in [0.25, 0.3) is 0 Å². The molecule has 0 fully saturated rings. The number of nitriles is 1. The molecule has 24 heavy (non-hydrogen) atoms. The predicted molar refractivity (Wildman–Crippen MR) is 91.3 cm³/mol. The summed E-state index contributed by atoms with van der Waals surface area (Å²) >= 11 is 6.05. The molecule has 2 rings (SSSR count). The van der Waals surface area contributed by atoms with Gasteiger partial charge in [0.25, 0.3) is 0 Å². The molecule has 5 nitrogen and oxygen atoms in total. The van der Waals surface area contributed by atoms with Gasteiger partial charge in [0.15, 0.2) is 0 Å². The van der Waals surface area contributed by atoms with Crippen LogP contribution < -0.4 is 5.32 Å². The highest BCUT2D eigenvalue weighted by molar-refractivity contribution is 6.30. The third kappa shape index (κ3) is 3.30. The van der Waals surface area contributed by atoms with Crippen LogP contribution in [-0.2, 0) is 14.3 Å². The Hall–Kier alpha value is -2.29. The highest BCUT2D eigenvalue weighted by Gasteiger charge is 2.35. The normalized spacial score (nSPS) is 17.4. The minimum Gasteiger partial charge on any atom is -0.466 e. The van der Waals surface area contributed by atoms with E-state index in [9.17, 15) is 10.1 Å². The number of benzene rings is 1. The molecule has 0 saturated carbocycles. The fraction of sp³-hybridized carbons (Fsp3) is 0.333. The number of halogens is 1. The Morgan fingerprint density at radius 3 is 2.62 bits per heavy atom. The maximum Gasteiger partial charge on any atom is 0.336 e. The van der Waals surface area contributed by atoms with Crippen molar-refractivity contribution in [2.45, 2.75) is 19.8 Å². The first-order chi connectivity index (χ1) is 11.4. The van der Waals surface area contributed by atoms with Crippen molar-refractivity contribution in [1.29, 1.82) is 5.26 Å². The molecular formula is C18H19ClN2O3. The van der Waals surface area contributed by atoms with Gasteiger partial charge in [0.1, 0.15) is 0 Å². The molecule has 0 aliphatic carbocycles. The van der Waals surface area contributed by atoms with Gasteiger partial charge in [-0.2, -0.15) is 5.26 Å². The number of hydrogen-bond acceptors (Lipinski definition) is 5. The first-order valence-corrected chi connectivity index (χ1v) is 7.76. The van der Waals surface area contributed by atoms with Crippen molar-refractivity contribution in [3.8, 4) is 6.07 Å². The van der Waals surface area contributed by atoms with Gasteiger partial charge in [0, 0.05) is 17.8 Å². The Balaban J connectivity index is 2.73. The van der Waals surface area contributed by atoms with E-state index in [-0.39, 0.29) is 6.61 Å². The number of rotatable bonds is 4. The molecule has 1 N–H and O–H groups in total. The second-order valence-electron chi connectivity index (χ2n) is 5.53. The number of hydrogen-bond donors (Lipinski definition) is 1. The van der Waals surface area contributed by atoms with Gasteiger partial charge in [-0.3, -0.25) is 0 Å².